The minimum atomic E-state index is -1.15. The van der Waals surface area contributed by atoms with Crippen LogP contribution in [0.3, 0.4) is 0 Å². The van der Waals surface area contributed by atoms with Crippen molar-refractivity contribution in [3.8, 4) is 5.82 Å². The Hall–Kier alpha value is -4.28. The number of furan rings is 1. The fourth-order valence-corrected chi connectivity index (χ4v) is 4.32. The fraction of sp³-hybridized carbons (Fsp3) is 0.286. The van der Waals surface area contributed by atoms with Crippen molar-refractivity contribution < 1.29 is 9.52 Å². The van der Waals surface area contributed by atoms with Crippen LogP contribution in [0.5, 0.6) is 0 Å². The van der Waals surface area contributed by atoms with Gasteiger partial charge in [-0.3, -0.25) is 4.79 Å². The Kier molecular flexibility index (Phi) is 6.60. The van der Waals surface area contributed by atoms with Crippen LogP contribution in [0.15, 0.2) is 70.7 Å². The number of allylic oxidation sites excluding steroid dienone is 1. The Balaban J connectivity index is 1.55. The van der Waals surface area contributed by atoms with Gasteiger partial charge in [-0.15, -0.1) is 6.58 Å². The van der Waals surface area contributed by atoms with Gasteiger partial charge in [0.25, 0.3) is 5.56 Å². The van der Waals surface area contributed by atoms with Crippen LogP contribution in [-0.4, -0.2) is 55.0 Å². The highest BCUT2D eigenvalue weighted by Gasteiger charge is 2.22. The Morgan fingerprint density at radius 2 is 2.00 bits per heavy atom. The lowest BCUT2D eigenvalue weighted by Gasteiger charge is -2.18. The highest BCUT2D eigenvalue weighted by atomic mass is 16.3. The molecule has 38 heavy (non-hydrogen) atoms. The Labute approximate surface area is 219 Å². The molecule has 0 saturated carbocycles. The van der Waals surface area contributed by atoms with E-state index in [-0.39, 0.29) is 12.1 Å². The van der Waals surface area contributed by atoms with Crippen molar-refractivity contribution >= 4 is 33.6 Å². The molecule has 0 unspecified atom stereocenters. The van der Waals surface area contributed by atoms with Crippen molar-refractivity contribution in [1.82, 2.24) is 29.2 Å². The van der Waals surface area contributed by atoms with E-state index in [1.165, 1.54) is 10.9 Å². The molecule has 4 heterocycles. The first-order valence-corrected chi connectivity index (χ1v) is 12.4. The molecule has 2 N–H and O–H groups in total. The first-order chi connectivity index (χ1) is 18.2. The molecule has 0 aliphatic heterocycles. The summed E-state index contributed by atoms with van der Waals surface area (Å²) < 4.78 is 8.94. The number of hydrogen-bond acceptors (Lipinski definition) is 8. The van der Waals surface area contributed by atoms with Gasteiger partial charge >= 0.3 is 0 Å². The van der Waals surface area contributed by atoms with Gasteiger partial charge in [0.2, 0.25) is 5.95 Å². The summed E-state index contributed by atoms with van der Waals surface area (Å²) in [4.78, 5) is 29.0. The highest BCUT2D eigenvalue weighted by molar-refractivity contribution is 5.85. The number of benzene rings is 1. The fourth-order valence-electron chi connectivity index (χ4n) is 4.32. The molecule has 0 aliphatic carbocycles. The van der Waals surface area contributed by atoms with E-state index in [0.29, 0.717) is 28.5 Å². The minimum absolute atomic E-state index is 0.248. The molecule has 10 nitrogen and oxygen atoms in total. The van der Waals surface area contributed by atoms with E-state index in [0.717, 1.165) is 35.2 Å². The van der Waals surface area contributed by atoms with Gasteiger partial charge in [0.1, 0.15) is 16.6 Å². The van der Waals surface area contributed by atoms with Gasteiger partial charge in [-0.1, -0.05) is 12.1 Å². The lowest BCUT2D eigenvalue weighted by atomic mass is 10.1. The molecular weight excluding hydrogens is 482 g/mol. The molecular formula is C28H31N7O3. The quantitative estimate of drug-likeness (QED) is 0.285. The van der Waals surface area contributed by atoms with Crippen LogP contribution >= 0.6 is 0 Å². The van der Waals surface area contributed by atoms with Crippen molar-refractivity contribution in [3.05, 3.63) is 83.1 Å². The van der Waals surface area contributed by atoms with E-state index in [1.807, 2.05) is 32.3 Å². The number of aliphatic hydroxyl groups is 1. The number of aromatic nitrogens is 5. The Bertz CT molecular complexity index is 1690. The smallest absolute Gasteiger partial charge is 0.278 e. The van der Waals surface area contributed by atoms with Gasteiger partial charge in [-0.25, -0.2) is 19.3 Å². The molecule has 0 fully saturated rings. The predicted octanol–water partition coefficient (Wildman–Crippen LogP) is 3.98. The topological polar surface area (TPSA) is 114 Å². The highest BCUT2D eigenvalue weighted by Crippen LogP contribution is 2.27. The summed E-state index contributed by atoms with van der Waals surface area (Å²) in [5.74, 6) is 0.768. The largest absolute Gasteiger partial charge is 0.464 e. The van der Waals surface area contributed by atoms with Crippen LogP contribution in [0.25, 0.3) is 27.8 Å². The van der Waals surface area contributed by atoms with Crippen molar-refractivity contribution in [1.29, 1.82) is 0 Å². The van der Waals surface area contributed by atoms with Crippen molar-refractivity contribution in [3.63, 3.8) is 0 Å². The van der Waals surface area contributed by atoms with Crippen molar-refractivity contribution in [2.45, 2.75) is 32.4 Å². The second kappa shape index (κ2) is 9.88. The van der Waals surface area contributed by atoms with Gasteiger partial charge in [-0.2, -0.15) is 4.98 Å². The number of nitrogens with zero attached hydrogens (tertiary/aromatic N) is 6. The maximum atomic E-state index is 13.2. The summed E-state index contributed by atoms with van der Waals surface area (Å²) in [5, 5.41) is 15.1. The average Bonchev–Trinajstić information content (AvgIpc) is 3.40. The van der Waals surface area contributed by atoms with Gasteiger partial charge in [0.15, 0.2) is 11.5 Å². The third kappa shape index (κ3) is 4.83. The lowest BCUT2D eigenvalue weighted by Crippen LogP contribution is -2.23. The summed E-state index contributed by atoms with van der Waals surface area (Å²) in [5.41, 5.74) is 2.13. The zero-order valence-electron chi connectivity index (χ0n) is 22.0. The number of rotatable bonds is 9. The molecule has 0 atom stereocenters. The third-order valence-electron chi connectivity index (χ3n) is 6.30. The summed E-state index contributed by atoms with van der Waals surface area (Å²) in [6.45, 7) is 8.29. The van der Waals surface area contributed by atoms with Gasteiger partial charge in [0.05, 0.1) is 18.5 Å². The third-order valence-corrected chi connectivity index (χ3v) is 6.30. The van der Waals surface area contributed by atoms with Crippen LogP contribution in [0, 0.1) is 0 Å². The van der Waals surface area contributed by atoms with E-state index in [4.69, 9.17) is 4.42 Å². The number of likely N-dealkylation sites (N-methyl/N-ethyl adjacent to an activating group) is 1. The second-order valence-electron chi connectivity index (χ2n) is 10.0. The van der Waals surface area contributed by atoms with E-state index in [1.54, 1.807) is 49.1 Å². The maximum Gasteiger partial charge on any atom is 0.278 e. The average molecular weight is 514 g/mol. The van der Waals surface area contributed by atoms with E-state index in [9.17, 15) is 9.90 Å². The van der Waals surface area contributed by atoms with Crippen molar-refractivity contribution in [2.24, 2.45) is 0 Å². The van der Waals surface area contributed by atoms with Gasteiger partial charge in [0, 0.05) is 29.9 Å². The monoisotopic (exact) mass is 513 g/mol. The molecule has 0 bridgehead atoms. The van der Waals surface area contributed by atoms with Gasteiger partial charge < -0.3 is 19.7 Å². The molecule has 5 aromatic rings. The number of fused-ring (bicyclic) bond motifs is 2. The first kappa shape index (κ1) is 25.4. The Morgan fingerprint density at radius 1 is 1.18 bits per heavy atom. The molecule has 0 aliphatic rings. The molecule has 1 aromatic carbocycles. The number of anilines is 2. The van der Waals surface area contributed by atoms with E-state index >= 15 is 0 Å². The normalized spacial score (nSPS) is 12.1. The van der Waals surface area contributed by atoms with Crippen LogP contribution in [0.1, 0.15) is 25.1 Å². The number of hydrogen-bond donors (Lipinski definition) is 2. The van der Waals surface area contributed by atoms with Crippen molar-refractivity contribution in [2.75, 3.05) is 26.0 Å². The summed E-state index contributed by atoms with van der Waals surface area (Å²) >= 11 is 0. The molecule has 0 saturated heterocycles. The van der Waals surface area contributed by atoms with E-state index in [2.05, 4.69) is 31.7 Å². The van der Waals surface area contributed by atoms with Gasteiger partial charge in [-0.05, 0) is 64.2 Å². The van der Waals surface area contributed by atoms with Crippen LogP contribution in [0.4, 0.5) is 11.6 Å². The molecule has 0 radical (unpaired) electrons. The number of pyridine rings is 1. The molecule has 10 heteroatoms. The number of nitrogens with one attached hydrogen (secondary N) is 1. The SMILES string of the molecule is C=CCn1c(=O)c2cnc(Nc3ccc4c(CCN(C)C)coc4c3)nc2n1-c1cccc(C(C)(C)O)n1. The standard InChI is InChI=1S/C28H31N7O3/c1-6-13-34-26(36)21-16-29-27(32-25(21)35(34)24-9-7-8-23(31-24)28(2,3)37)30-19-10-11-20-18(12-14-33(4)5)17-38-22(20)15-19/h6-11,15-17,37H,1,12-14H2,2-5H3,(H,29,30,32). The molecule has 196 valence electrons. The first-order valence-electron chi connectivity index (χ1n) is 12.4. The zero-order valence-corrected chi connectivity index (χ0v) is 22.0. The lowest BCUT2D eigenvalue weighted by molar-refractivity contribution is 0.0738. The molecule has 4 aromatic heterocycles. The second-order valence-corrected chi connectivity index (χ2v) is 10.0. The van der Waals surface area contributed by atoms with E-state index < -0.39 is 5.60 Å². The molecule has 5 rings (SSSR count). The minimum Gasteiger partial charge on any atom is -0.464 e. The summed E-state index contributed by atoms with van der Waals surface area (Å²) in [7, 11) is 4.10. The zero-order chi connectivity index (χ0) is 27.0. The molecule has 0 amide bonds. The Morgan fingerprint density at radius 3 is 2.74 bits per heavy atom. The van der Waals surface area contributed by atoms with Crippen LogP contribution < -0.4 is 10.9 Å². The predicted molar refractivity (Wildman–Crippen MR) is 148 cm³/mol. The van der Waals surface area contributed by atoms with Crippen LogP contribution in [-0.2, 0) is 18.6 Å². The molecule has 0 spiro atoms. The summed E-state index contributed by atoms with van der Waals surface area (Å²) in [6, 6.07) is 11.2. The summed E-state index contributed by atoms with van der Waals surface area (Å²) in [6.07, 6.45) is 5.84. The van der Waals surface area contributed by atoms with Crippen LogP contribution in [0.2, 0.25) is 0 Å². The maximum absolute atomic E-state index is 13.2.